The van der Waals surface area contributed by atoms with Gasteiger partial charge >= 0.3 is 0 Å². The van der Waals surface area contributed by atoms with Crippen molar-refractivity contribution >= 4 is 5.91 Å². The van der Waals surface area contributed by atoms with Crippen LogP contribution in [0.25, 0.3) is 0 Å². The molecule has 0 aromatic heterocycles. The minimum atomic E-state index is -0.739. The second kappa shape index (κ2) is 6.94. The van der Waals surface area contributed by atoms with Crippen molar-refractivity contribution in [2.75, 3.05) is 6.54 Å². The van der Waals surface area contributed by atoms with Gasteiger partial charge in [-0.25, -0.2) is 0 Å². The summed E-state index contributed by atoms with van der Waals surface area (Å²) in [4.78, 5) is 12.1. The van der Waals surface area contributed by atoms with E-state index in [2.05, 4.69) is 5.32 Å². The molecule has 0 bridgehead atoms. The molecule has 1 aliphatic carbocycles. The lowest BCUT2D eigenvalue weighted by Crippen LogP contribution is -2.47. The molecule has 1 aliphatic rings. The Morgan fingerprint density at radius 1 is 1.29 bits per heavy atom. The van der Waals surface area contributed by atoms with E-state index < -0.39 is 11.7 Å². The fourth-order valence-electron chi connectivity index (χ4n) is 2.66. The molecule has 1 saturated carbocycles. The van der Waals surface area contributed by atoms with Crippen LogP contribution in [0.1, 0.15) is 44.6 Å². The number of carbonyl (C=O) groups excluding carboxylic acids is 1. The van der Waals surface area contributed by atoms with Gasteiger partial charge in [0.25, 0.3) is 5.91 Å². The number of carbonyl (C=O) groups is 1. The number of benzene rings is 1. The van der Waals surface area contributed by atoms with E-state index in [4.69, 9.17) is 4.74 Å². The number of aryl methyl sites for hydroxylation is 1. The molecule has 1 amide bonds. The van der Waals surface area contributed by atoms with Crippen molar-refractivity contribution in [3.05, 3.63) is 29.8 Å². The number of aliphatic hydroxyl groups is 1. The maximum Gasteiger partial charge on any atom is 0.260 e. The van der Waals surface area contributed by atoms with Crippen LogP contribution in [0.4, 0.5) is 0 Å². The van der Waals surface area contributed by atoms with Gasteiger partial charge in [0.15, 0.2) is 6.10 Å². The number of nitrogens with one attached hydrogen (secondary N) is 1. The average Bonchev–Trinajstić information content (AvgIpc) is 2.48. The van der Waals surface area contributed by atoms with Gasteiger partial charge in [0.2, 0.25) is 0 Å². The normalized spacial score (nSPS) is 18.8. The van der Waals surface area contributed by atoms with E-state index in [0.29, 0.717) is 12.3 Å². The van der Waals surface area contributed by atoms with Gasteiger partial charge < -0.3 is 15.2 Å². The molecular formula is C17H25NO3. The van der Waals surface area contributed by atoms with Crippen LogP contribution in [0.15, 0.2) is 24.3 Å². The third kappa shape index (κ3) is 4.74. The Balaban J connectivity index is 1.80. The zero-order valence-electron chi connectivity index (χ0n) is 12.9. The van der Waals surface area contributed by atoms with Crippen LogP contribution in [-0.4, -0.2) is 29.3 Å². The Labute approximate surface area is 126 Å². The highest BCUT2D eigenvalue weighted by Crippen LogP contribution is 2.27. The molecule has 21 heavy (non-hydrogen) atoms. The number of rotatable bonds is 5. The van der Waals surface area contributed by atoms with Gasteiger partial charge in [0.05, 0.1) is 5.60 Å². The van der Waals surface area contributed by atoms with E-state index in [1.165, 1.54) is 6.42 Å². The molecule has 0 radical (unpaired) electrons. The lowest BCUT2D eigenvalue weighted by Gasteiger charge is -2.32. The minimum Gasteiger partial charge on any atom is -0.481 e. The lowest BCUT2D eigenvalue weighted by molar-refractivity contribution is -0.128. The first-order chi connectivity index (χ1) is 9.98. The summed E-state index contributed by atoms with van der Waals surface area (Å²) >= 11 is 0. The summed E-state index contributed by atoms with van der Waals surface area (Å²) < 4.78 is 5.61. The summed E-state index contributed by atoms with van der Waals surface area (Å²) in [6.45, 7) is 4.04. The molecule has 4 heteroatoms. The highest BCUT2D eigenvalue weighted by molar-refractivity contribution is 5.80. The number of amides is 1. The Morgan fingerprint density at radius 3 is 2.52 bits per heavy atom. The van der Waals surface area contributed by atoms with E-state index in [9.17, 15) is 9.90 Å². The second-order valence-electron chi connectivity index (χ2n) is 6.08. The number of hydrogen-bond acceptors (Lipinski definition) is 3. The summed E-state index contributed by atoms with van der Waals surface area (Å²) in [6.07, 6.45) is 4.19. The molecule has 0 aliphatic heterocycles. The quantitative estimate of drug-likeness (QED) is 0.876. The minimum absolute atomic E-state index is 0.186. The van der Waals surface area contributed by atoms with Crippen LogP contribution < -0.4 is 10.1 Å². The van der Waals surface area contributed by atoms with Crippen LogP contribution in [0.2, 0.25) is 0 Å². The zero-order chi connectivity index (χ0) is 15.3. The van der Waals surface area contributed by atoms with Crippen molar-refractivity contribution in [3.8, 4) is 5.75 Å². The van der Waals surface area contributed by atoms with Gasteiger partial charge in [-0.2, -0.15) is 0 Å². The van der Waals surface area contributed by atoms with E-state index in [0.717, 1.165) is 31.2 Å². The third-order valence-corrected chi connectivity index (χ3v) is 4.08. The highest BCUT2D eigenvalue weighted by Gasteiger charge is 2.30. The molecule has 1 aromatic rings. The Hall–Kier alpha value is -1.55. The van der Waals surface area contributed by atoms with Gasteiger partial charge in [-0.3, -0.25) is 4.79 Å². The predicted molar refractivity (Wildman–Crippen MR) is 82.3 cm³/mol. The van der Waals surface area contributed by atoms with Crippen LogP contribution >= 0.6 is 0 Å². The first-order valence-electron chi connectivity index (χ1n) is 7.72. The van der Waals surface area contributed by atoms with Gasteiger partial charge in [-0.15, -0.1) is 0 Å². The molecule has 0 heterocycles. The van der Waals surface area contributed by atoms with Crippen LogP contribution in [-0.2, 0) is 4.79 Å². The monoisotopic (exact) mass is 291 g/mol. The summed E-state index contributed by atoms with van der Waals surface area (Å²) in [6, 6.07) is 7.61. The van der Waals surface area contributed by atoms with Crippen molar-refractivity contribution in [2.24, 2.45) is 0 Å². The van der Waals surface area contributed by atoms with Crippen molar-refractivity contribution in [3.63, 3.8) is 0 Å². The summed E-state index contributed by atoms with van der Waals surface area (Å²) in [5, 5.41) is 13.2. The summed E-state index contributed by atoms with van der Waals surface area (Å²) in [5.41, 5.74) is 0.413. The van der Waals surface area contributed by atoms with Crippen LogP contribution in [0.5, 0.6) is 5.75 Å². The van der Waals surface area contributed by atoms with Gasteiger partial charge in [-0.05, 0) is 38.8 Å². The molecule has 4 nitrogen and oxygen atoms in total. The van der Waals surface area contributed by atoms with Gasteiger partial charge in [0.1, 0.15) is 5.75 Å². The summed E-state index contributed by atoms with van der Waals surface area (Å²) in [5.74, 6) is 0.495. The van der Waals surface area contributed by atoms with Crippen molar-refractivity contribution in [2.45, 2.75) is 57.7 Å². The largest absolute Gasteiger partial charge is 0.481 e. The molecule has 1 fully saturated rings. The smallest absolute Gasteiger partial charge is 0.260 e. The molecule has 2 N–H and O–H groups in total. The van der Waals surface area contributed by atoms with Crippen LogP contribution in [0.3, 0.4) is 0 Å². The van der Waals surface area contributed by atoms with Gasteiger partial charge in [0, 0.05) is 6.54 Å². The Bertz CT molecular complexity index is 463. The Kier molecular flexibility index (Phi) is 5.23. The first kappa shape index (κ1) is 15.8. The first-order valence-corrected chi connectivity index (χ1v) is 7.72. The van der Waals surface area contributed by atoms with E-state index >= 15 is 0 Å². The maximum absolute atomic E-state index is 12.1. The number of hydrogen-bond donors (Lipinski definition) is 2. The molecule has 1 unspecified atom stereocenters. The lowest BCUT2D eigenvalue weighted by atomic mass is 9.85. The second-order valence-corrected chi connectivity index (χ2v) is 6.08. The molecule has 1 aromatic carbocycles. The van der Waals surface area contributed by atoms with Crippen molar-refractivity contribution in [1.82, 2.24) is 5.32 Å². The fourth-order valence-corrected chi connectivity index (χ4v) is 2.66. The zero-order valence-corrected chi connectivity index (χ0v) is 12.9. The third-order valence-electron chi connectivity index (χ3n) is 4.08. The standard InChI is InChI=1S/C17H25NO3/c1-13-6-8-15(9-7-13)21-14(2)16(19)18-12-17(20)10-4-3-5-11-17/h6-9,14,20H,3-5,10-12H2,1-2H3,(H,18,19). The van der Waals surface area contributed by atoms with E-state index in [1.807, 2.05) is 31.2 Å². The van der Waals surface area contributed by atoms with Crippen molar-refractivity contribution in [1.29, 1.82) is 0 Å². The van der Waals surface area contributed by atoms with Gasteiger partial charge in [-0.1, -0.05) is 37.0 Å². The van der Waals surface area contributed by atoms with Crippen molar-refractivity contribution < 1.29 is 14.6 Å². The topological polar surface area (TPSA) is 58.6 Å². The molecule has 0 spiro atoms. The summed E-state index contributed by atoms with van der Waals surface area (Å²) in [7, 11) is 0. The fraction of sp³-hybridized carbons (Fsp3) is 0.588. The maximum atomic E-state index is 12.1. The molecule has 0 saturated heterocycles. The highest BCUT2D eigenvalue weighted by atomic mass is 16.5. The molecule has 2 rings (SSSR count). The average molecular weight is 291 g/mol. The predicted octanol–water partition coefficient (Wildman–Crippen LogP) is 2.57. The molecule has 116 valence electrons. The number of ether oxygens (including phenoxy) is 1. The van der Waals surface area contributed by atoms with E-state index in [-0.39, 0.29) is 5.91 Å². The molecular weight excluding hydrogens is 266 g/mol. The van der Waals surface area contributed by atoms with Crippen LogP contribution in [0, 0.1) is 6.92 Å². The molecule has 1 atom stereocenters. The SMILES string of the molecule is Cc1ccc(OC(C)C(=O)NCC2(O)CCCCC2)cc1. The Morgan fingerprint density at radius 2 is 1.90 bits per heavy atom. The van der Waals surface area contributed by atoms with E-state index in [1.54, 1.807) is 6.92 Å².